The van der Waals surface area contributed by atoms with Crippen molar-refractivity contribution in [2.24, 2.45) is 0 Å². The second-order valence-electron chi connectivity index (χ2n) is 3.47. The molecular weight excluding hydrogens is 332 g/mol. The largest absolute Gasteiger partial charge is 0.439 e. The fraction of sp³-hybridized carbons (Fsp3) is 0. The van der Waals surface area contributed by atoms with Crippen LogP contribution in [0.5, 0.6) is 11.6 Å². The van der Waals surface area contributed by atoms with Gasteiger partial charge in [0.1, 0.15) is 10.9 Å². The SMILES string of the molecule is [C-]#[N+]c1ccc(Oc2ccc(Br)c(C=O)c2)nc1Cl. The molecule has 0 radical (unpaired) electrons. The lowest BCUT2D eigenvalue weighted by molar-refractivity contribution is 0.112. The molecule has 0 aliphatic carbocycles. The fourth-order valence-corrected chi connectivity index (χ4v) is 1.88. The predicted octanol–water partition coefficient (Wildman–Crippen LogP) is 4.65. The molecule has 94 valence electrons. The third-order valence-electron chi connectivity index (χ3n) is 2.24. The van der Waals surface area contributed by atoms with Crippen LogP contribution in [-0.2, 0) is 0 Å². The van der Waals surface area contributed by atoms with Crippen LogP contribution in [0.2, 0.25) is 5.15 Å². The third kappa shape index (κ3) is 3.11. The standard InChI is InChI=1S/C13H6BrClN2O2/c1-16-11-4-5-12(17-13(11)15)19-9-2-3-10(14)8(6-9)7-18/h2-7H. The van der Waals surface area contributed by atoms with Gasteiger partial charge >= 0.3 is 0 Å². The van der Waals surface area contributed by atoms with Crippen molar-refractivity contribution in [1.82, 2.24) is 4.98 Å². The number of pyridine rings is 1. The number of ether oxygens (including phenoxy) is 1. The second-order valence-corrected chi connectivity index (χ2v) is 4.69. The molecule has 0 saturated carbocycles. The predicted molar refractivity (Wildman–Crippen MR) is 75.1 cm³/mol. The van der Waals surface area contributed by atoms with Crippen molar-refractivity contribution >= 4 is 39.5 Å². The van der Waals surface area contributed by atoms with Gasteiger partial charge in [-0.25, -0.2) is 9.83 Å². The Labute approximate surface area is 122 Å². The quantitative estimate of drug-likeness (QED) is 0.465. The summed E-state index contributed by atoms with van der Waals surface area (Å²) in [7, 11) is 0. The number of hydrogen-bond donors (Lipinski definition) is 0. The number of aldehydes is 1. The first-order valence-corrected chi connectivity index (χ1v) is 6.27. The van der Waals surface area contributed by atoms with Crippen LogP contribution < -0.4 is 4.74 Å². The van der Waals surface area contributed by atoms with E-state index in [9.17, 15) is 4.79 Å². The molecule has 1 aromatic carbocycles. The Morgan fingerprint density at radius 2 is 2.16 bits per heavy atom. The van der Waals surface area contributed by atoms with Crippen molar-refractivity contribution in [1.29, 1.82) is 0 Å². The van der Waals surface area contributed by atoms with Gasteiger partial charge in [0.25, 0.3) is 0 Å². The Morgan fingerprint density at radius 1 is 1.37 bits per heavy atom. The first kappa shape index (κ1) is 13.5. The summed E-state index contributed by atoms with van der Waals surface area (Å²) in [5.41, 5.74) is 0.736. The summed E-state index contributed by atoms with van der Waals surface area (Å²) in [6, 6.07) is 8.04. The Balaban J connectivity index is 2.29. The van der Waals surface area contributed by atoms with Crippen LogP contribution in [0.1, 0.15) is 10.4 Å². The van der Waals surface area contributed by atoms with Gasteiger partial charge in [-0.15, -0.1) is 0 Å². The molecule has 4 nitrogen and oxygen atoms in total. The lowest BCUT2D eigenvalue weighted by atomic mass is 10.2. The van der Waals surface area contributed by atoms with E-state index in [4.69, 9.17) is 22.9 Å². The molecule has 0 bridgehead atoms. The van der Waals surface area contributed by atoms with Crippen LogP contribution in [0.25, 0.3) is 4.85 Å². The molecule has 1 heterocycles. The summed E-state index contributed by atoms with van der Waals surface area (Å²) < 4.78 is 6.16. The summed E-state index contributed by atoms with van der Waals surface area (Å²) in [5, 5.41) is 0.0835. The Hall–Kier alpha value is -1.90. The summed E-state index contributed by atoms with van der Waals surface area (Å²) >= 11 is 9.06. The van der Waals surface area contributed by atoms with Crippen LogP contribution in [-0.4, -0.2) is 11.3 Å². The molecule has 0 unspecified atom stereocenters. The Morgan fingerprint density at radius 3 is 2.79 bits per heavy atom. The molecule has 0 atom stereocenters. The molecule has 0 fully saturated rings. The summed E-state index contributed by atoms with van der Waals surface area (Å²) in [6.07, 6.45) is 0.722. The molecule has 1 aromatic heterocycles. The van der Waals surface area contributed by atoms with Crippen molar-refractivity contribution in [2.75, 3.05) is 0 Å². The first-order chi connectivity index (χ1) is 9.13. The molecule has 0 aliphatic heterocycles. The average Bonchev–Trinajstić information content (AvgIpc) is 2.41. The van der Waals surface area contributed by atoms with Crippen LogP contribution in [0.15, 0.2) is 34.8 Å². The van der Waals surface area contributed by atoms with Crippen molar-refractivity contribution < 1.29 is 9.53 Å². The molecule has 0 amide bonds. The minimum absolute atomic E-state index is 0.0835. The van der Waals surface area contributed by atoms with Gasteiger partial charge in [0.05, 0.1) is 6.57 Å². The number of aromatic nitrogens is 1. The fourth-order valence-electron chi connectivity index (χ4n) is 1.35. The van der Waals surface area contributed by atoms with E-state index < -0.39 is 0 Å². The molecule has 0 N–H and O–H groups in total. The molecule has 19 heavy (non-hydrogen) atoms. The number of carbonyl (C=O) groups excluding carboxylic acids is 1. The van der Waals surface area contributed by atoms with E-state index >= 15 is 0 Å². The van der Waals surface area contributed by atoms with Crippen LogP contribution in [0.4, 0.5) is 5.69 Å². The molecule has 2 aromatic rings. The van der Waals surface area contributed by atoms with Crippen LogP contribution >= 0.6 is 27.5 Å². The Kier molecular flexibility index (Phi) is 4.15. The maximum atomic E-state index is 10.8. The van der Waals surface area contributed by atoms with Gasteiger partial charge < -0.3 is 4.74 Å². The Bertz CT molecular complexity index is 683. The monoisotopic (exact) mass is 336 g/mol. The van der Waals surface area contributed by atoms with E-state index in [0.29, 0.717) is 15.8 Å². The van der Waals surface area contributed by atoms with Crippen molar-refractivity contribution in [3.8, 4) is 11.6 Å². The van der Waals surface area contributed by atoms with Gasteiger partial charge in [0.15, 0.2) is 6.29 Å². The number of carbonyl (C=O) groups is 1. The first-order valence-electron chi connectivity index (χ1n) is 5.10. The molecule has 6 heteroatoms. The number of benzene rings is 1. The van der Waals surface area contributed by atoms with E-state index in [1.54, 1.807) is 24.3 Å². The number of halogens is 2. The van der Waals surface area contributed by atoms with Crippen molar-refractivity contribution in [3.05, 3.63) is 56.9 Å². The number of nitrogens with zero attached hydrogens (tertiary/aromatic N) is 2. The zero-order valence-corrected chi connectivity index (χ0v) is 11.8. The van der Waals surface area contributed by atoms with Gasteiger partial charge in [-0.1, -0.05) is 27.5 Å². The lowest BCUT2D eigenvalue weighted by Gasteiger charge is -2.06. The van der Waals surface area contributed by atoms with Gasteiger partial charge in [-0.2, -0.15) is 0 Å². The molecule has 0 aliphatic rings. The molecule has 0 saturated heterocycles. The van der Waals surface area contributed by atoms with Gasteiger partial charge in [0.2, 0.25) is 11.6 Å². The maximum Gasteiger partial charge on any atom is 0.223 e. The minimum Gasteiger partial charge on any atom is -0.439 e. The van der Waals surface area contributed by atoms with E-state index in [2.05, 4.69) is 25.8 Å². The molecule has 2 rings (SSSR count). The van der Waals surface area contributed by atoms with Crippen molar-refractivity contribution in [2.45, 2.75) is 0 Å². The topological polar surface area (TPSA) is 43.5 Å². The smallest absolute Gasteiger partial charge is 0.223 e. The highest BCUT2D eigenvalue weighted by atomic mass is 79.9. The zero-order chi connectivity index (χ0) is 13.8. The third-order valence-corrected chi connectivity index (χ3v) is 3.24. The maximum absolute atomic E-state index is 10.8. The minimum atomic E-state index is 0.0835. The number of rotatable bonds is 3. The summed E-state index contributed by atoms with van der Waals surface area (Å²) in [4.78, 5) is 18.0. The van der Waals surface area contributed by atoms with E-state index in [-0.39, 0.29) is 16.7 Å². The highest BCUT2D eigenvalue weighted by Crippen LogP contribution is 2.29. The normalized spacial score (nSPS) is 9.74. The van der Waals surface area contributed by atoms with Crippen LogP contribution in [0.3, 0.4) is 0 Å². The van der Waals surface area contributed by atoms with Gasteiger partial charge in [0, 0.05) is 10.0 Å². The van der Waals surface area contributed by atoms with Crippen molar-refractivity contribution in [3.63, 3.8) is 0 Å². The zero-order valence-electron chi connectivity index (χ0n) is 9.43. The highest BCUT2D eigenvalue weighted by Gasteiger charge is 2.06. The average molecular weight is 338 g/mol. The van der Waals surface area contributed by atoms with Gasteiger partial charge in [-0.05, 0) is 30.3 Å². The second kappa shape index (κ2) is 5.83. The molecule has 0 spiro atoms. The number of hydrogen-bond acceptors (Lipinski definition) is 3. The summed E-state index contributed by atoms with van der Waals surface area (Å²) in [6.45, 7) is 6.87. The van der Waals surface area contributed by atoms with Crippen LogP contribution in [0, 0.1) is 6.57 Å². The highest BCUT2D eigenvalue weighted by molar-refractivity contribution is 9.10. The lowest BCUT2D eigenvalue weighted by Crippen LogP contribution is -1.90. The van der Waals surface area contributed by atoms with E-state index in [0.717, 1.165) is 6.29 Å². The summed E-state index contributed by atoms with van der Waals surface area (Å²) in [5.74, 6) is 0.723. The van der Waals surface area contributed by atoms with E-state index in [1.807, 2.05) is 0 Å². The molecular formula is C13H6BrClN2O2. The van der Waals surface area contributed by atoms with Gasteiger partial charge in [-0.3, -0.25) is 4.79 Å². The van der Waals surface area contributed by atoms with E-state index in [1.165, 1.54) is 6.07 Å².